The second-order valence-electron chi connectivity index (χ2n) is 6.53. The topological polar surface area (TPSA) is 44.4 Å². The van der Waals surface area contributed by atoms with Crippen LogP contribution in [0.5, 0.6) is 0 Å². The number of urea groups is 1. The van der Waals surface area contributed by atoms with E-state index in [1.54, 1.807) is 0 Å². The first-order valence-corrected chi connectivity index (χ1v) is 10.7. The van der Waals surface area contributed by atoms with Crippen LogP contribution < -0.4 is 10.6 Å². The Morgan fingerprint density at radius 3 is 2.67 bits per heavy atom. The monoisotopic (exact) mass is 423 g/mol. The first kappa shape index (κ1) is 20.3. The lowest BCUT2D eigenvalue weighted by Gasteiger charge is -2.32. The fourth-order valence-corrected chi connectivity index (χ4v) is 4.53. The third kappa shape index (κ3) is 6.61. The summed E-state index contributed by atoms with van der Waals surface area (Å²) in [6.45, 7) is 4.00. The van der Waals surface area contributed by atoms with E-state index in [1.807, 2.05) is 60.3 Å². The molecule has 4 nitrogen and oxygen atoms in total. The van der Waals surface area contributed by atoms with E-state index in [0.29, 0.717) is 28.4 Å². The van der Waals surface area contributed by atoms with Crippen molar-refractivity contribution in [3.05, 3.63) is 69.7 Å². The second kappa shape index (κ2) is 10.2. The maximum absolute atomic E-state index is 12.0. The molecule has 1 fully saturated rings. The SMILES string of the molecule is O=C(NCc1ccccc1)NCC1CN(Cc2ccc(Cl)c(Cl)c2)CCS1. The van der Waals surface area contributed by atoms with Gasteiger partial charge in [-0.05, 0) is 23.3 Å². The molecule has 0 aromatic heterocycles. The van der Waals surface area contributed by atoms with Gasteiger partial charge in [0.05, 0.1) is 10.0 Å². The van der Waals surface area contributed by atoms with E-state index in [2.05, 4.69) is 15.5 Å². The van der Waals surface area contributed by atoms with Crippen molar-refractivity contribution in [2.45, 2.75) is 18.3 Å². The number of hydrogen-bond acceptors (Lipinski definition) is 3. The molecule has 1 saturated heterocycles. The molecular weight excluding hydrogens is 401 g/mol. The van der Waals surface area contributed by atoms with Crippen LogP contribution >= 0.6 is 35.0 Å². The van der Waals surface area contributed by atoms with Crippen LogP contribution in [0.25, 0.3) is 0 Å². The predicted molar refractivity (Wildman–Crippen MR) is 115 cm³/mol. The average Bonchev–Trinajstić information content (AvgIpc) is 2.69. The maximum Gasteiger partial charge on any atom is 0.315 e. The second-order valence-corrected chi connectivity index (χ2v) is 8.75. The molecule has 0 radical (unpaired) electrons. The van der Waals surface area contributed by atoms with E-state index in [9.17, 15) is 4.79 Å². The van der Waals surface area contributed by atoms with Crippen LogP contribution in [-0.4, -0.2) is 41.6 Å². The fourth-order valence-electron chi connectivity index (χ4n) is 2.99. The highest BCUT2D eigenvalue weighted by molar-refractivity contribution is 8.00. The molecule has 144 valence electrons. The minimum absolute atomic E-state index is 0.124. The van der Waals surface area contributed by atoms with Gasteiger partial charge in [-0.25, -0.2) is 4.79 Å². The molecule has 1 atom stereocenters. The van der Waals surface area contributed by atoms with Crippen molar-refractivity contribution in [3.8, 4) is 0 Å². The standard InChI is InChI=1S/C20H23Cl2N3OS/c21-18-7-6-16(10-19(18)22)13-25-8-9-27-17(14-25)12-24-20(26)23-11-15-4-2-1-3-5-15/h1-7,10,17H,8-9,11-14H2,(H2,23,24,26). The normalized spacial score (nSPS) is 17.5. The predicted octanol–water partition coefficient (Wildman–Crippen LogP) is 4.41. The Bertz CT molecular complexity index is 760. The highest BCUT2D eigenvalue weighted by Gasteiger charge is 2.21. The van der Waals surface area contributed by atoms with Gasteiger partial charge >= 0.3 is 6.03 Å². The highest BCUT2D eigenvalue weighted by Crippen LogP contribution is 2.25. The maximum atomic E-state index is 12.0. The van der Waals surface area contributed by atoms with Crippen molar-refractivity contribution < 1.29 is 4.79 Å². The quantitative estimate of drug-likeness (QED) is 0.722. The largest absolute Gasteiger partial charge is 0.337 e. The molecule has 3 rings (SSSR count). The van der Waals surface area contributed by atoms with Crippen LogP contribution in [0.1, 0.15) is 11.1 Å². The van der Waals surface area contributed by atoms with Crippen LogP contribution in [0, 0.1) is 0 Å². The van der Waals surface area contributed by atoms with Crippen LogP contribution in [0.4, 0.5) is 4.79 Å². The Morgan fingerprint density at radius 1 is 1.07 bits per heavy atom. The molecule has 2 amide bonds. The summed E-state index contributed by atoms with van der Waals surface area (Å²) in [5.74, 6) is 1.05. The van der Waals surface area contributed by atoms with Crippen molar-refractivity contribution in [2.24, 2.45) is 0 Å². The summed E-state index contributed by atoms with van der Waals surface area (Å²) in [7, 11) is 0. The first-order valence-electron chi connectivity index (χ1n) is 8.93. The molecule has 7 heteroatoms. The van der Waals surface area contributed by atoms with Gasteiger partial charge in [0.25, 0.3) is 0 Å². The third-order valence-corrected chi connectivity index (χ3v) is 6.34. The van der Waals surface area contributed by atoms with Crippen LogP contribution in [0.3, 0.4) is 0 Å². The summed E-state index contributed by atoms with van der Waals surface area (Å²) in [6, 6.07) is 15.6. The number of benzene rings is 2. The molecule has 2 aromatic carbocycles. The molecule has 1 aliphatic rings. The minimum Gasteiger partial charge on any atom is -0.337 e. The minimum atomic E-state index is -0.124. The van der Waals surface area contributed by atoms with E-state index >= 15 is 0 Å². The summed E-state index contributed by atoms with van der Waals surface area (Å²) >= 11 is 14.0. The number of hydrogen-bond donors (Lipinski definition) is 2. The lowest BCUT2D eigenvalue weighted by molar-refractivity contribution is 0.237. The van der Waals surface area contributed by atoms with Crippen molar-refractivity contribution in [2.75, 3.05) is 25.4 Å². The van der Waals surface area contributed by atoms with Crippen molar-refractivity contribution in [1.29, 1.82) is 0 Å². The zero-order valence-corrected chi connectivity index (χ0v) is 17.3. The van der Waals surface area contributed by atoms with Gasteiger partial charge in [-0.15, -0.1) is 0 Å². The van der Waals surface area contributed by atoms with E-state index in [-0.39, 0.29) is 6.03 Å². The number of nitrogens with one attached hydrogen (secondary N) is 2. The smallest absolute Gasteiger partial charge is 0.315 e. The van der Waals surface area contributed by atoms with E-state index in [4.69, 9.17) is 23.2 Å². The third-order valence-electron chi connectivity index (χ3n) is 4.40. The summed E-state index contributed by atoms with van der Waals surface area (Å²) in [5.41, 5.74) is 2.25. The molecule has 0 bridgehead atoms. The Kier molecular flexibility index (Phi) is 7.70. The van der Waals surface area contributed by atoms with Crippen LogP contribution in [0.2, 0.25) is 10.0 Å². The molecule has 0 aliphatic carbocycles. The van der Waals surface area contributed by atoms with E-state index in [1.165, 1.54) is 0 Å². The molecule has 1 aliphatic heterocycles. The summed E-state index contributed by atoms with van der Waals surface area (Å²) in [6.07, 6.45) is 0. The summed E-state index contributed by atoms with van der Waals surface area (Å²) in [4.78, 5) is 14.4. The number of nitrogens with zero attached hydrogens (tertiary/aromatic N) is 1. The Morgan fingerprint density at radius 2 is 1.89 bits per heavy atom. The van der Waals surface area contributed by atoms with Crippen LogP contribution in [0.15, 0.2) is 48.5 Å². The Balaban J connectivity index is 1.41. The number of thioether (sulfide) groups is 1. The van der Waals surface area contributed by atoms with Gasteiger partial charge < -0.3 is 10.6 Å². The van der Waals surface area contributed by atoms with Gasteiger partial charge in [0, 0.05) is 43.7 Å². The summed E-state index contributed by atoms with van der Waals surface area (Å²) < 4.78 is 0. The molecule has 1 unspecified atom stereocenters. The zero-order valence-electron chi connectivity index (χ0n) is 15.0. The molecular formula is C20H23Cl2N3OS. The van der Waals surface area contributed by atoms with Gasteiger partial charge in [0.2, 0.25) is 0 Å². The molecule has 27 heavy (non-hydrogen) atoms. The number of amides is 2. The number of carbonyl (C=O) groups is 1. The Labute approximate surface area is 174 Å². The van der Waals surface area contributed by atoms with E-state index in [0.717, 1.165) is 36.5 Å². The number of halogens is 2. The average molecular weight is 424 g/mol. The lowest BCUT2D eigenvalue weighted by Crippen LogP contribution is -2.45. The van der Waals surface area contributed by atoms with Gasteiger partial charge in [-0.2, -0.15) is 11.8 Å². The first-order chi connectivity index (χ1) is 13.1. The lowest BCUT2D eigenvalue weighted by atomic mass is 10.2. The summed E-state index contributed by atoms with van der Waals surface area (Å²) in [5, 5.41) is 7.44. The molecule has 2 aromatic rings. The Hall–Kier alpha value is -1.40. The number of carbonyl (C=O) groups excluding carboxylic acids is 1. The molecule has 1 heterocycles. The molecule has 0 spiro atoms. The van der Waals surface area contributed by atoms with Crippen molar-refractivity contribution >= 4 is 41.0 Å². The molecule has 2 N–H and O–H groups in total. The molecule has 0 saturated carbocycles. The van der Waals surface area contributed by atoms with Gasteiger partial charge in [0.1, 0.15) is 0 Å². The fraction of sp³-hybridized carbons (Fsp3) is 0.350. The van der Waals surface area contributed by atoms with E-state index < -0.39 is 0 Å². The van der Waals surface area contributed by atoms with Gasteiger partial charge in [-0.1, -0.05) is 59.6 Å². The number of rotatable bonds is 6. The highest BCUT2D eigenvalue weighted by atomic mass is 35.5. The zero-order chi connectivity index (χ0) is 19.1. The van der Waals surface area contributed by atoms with Gasteiger partial charge in [-0.3, -0.25) is 4.90 Å². The van der Waals surface area contributed by atoms with Crippen molar-refractivity contribution in [3.63, 3.8) is 0 Å². The van der Waals surface area contributed by atoms with Gasteiger partial charge in [0.15, 0.2) is 0 Å². The van der Waals surface area contributed by atoms with Crippen molar-refractivity contribution in [1.82, 2.24) is 15.5 Å². The van der Waals surface area contributed by atoms with Crippen LogP contribution in [-0.2, 0) is 13.1 Å².